The lowest BCUT2D eigenvalue weighted by Crippen LogP contribution is -3.00. The van der Waals surface area contributed by atoms with Gasteiger partial charge in [-0.25, -0.2) is 4.57 Å². The zero-order chi connectivity index (χ0) is 11.2. The van der Waals surface area contributed by atoms with Crippen LogP contribution >= 0.6 is 0 Å². The van der Waals surface area contributed by atoms with Crippen LogP contribution < -0.4 is 28.5 Å². The molecular weight excluding hydrogens is 321 g/mol. The van der Waals surface area contributed by atoms with Gasteiger partial charge in [0.15, 0.2) is 12.4 Å². The molecule has 90 valence electrons. The highest BCUT2D eigenvalue weighted by molar-refractivity contribution is 5.61. The molecule has 17 heavy (non-hydrogen) atoms. The lowest BCUT2D eigenvalue weighted by molar-refractivity contribution is -0.697. The van der Waals surface area contributed by atoms with E-state index >= 15 is 0 Å². The minimum atomic E-state index is 0. The summed E-state index contributed by atoms with van der Waals surface area (Å²) >= 11 is 0. The van der Waals surface area contributed by atoms with Gasteiger partial charge in [0.1, 0.15) is 6.54 Å². The smallest absolute Gasteiger partial charge is 0.169 e. The van der Waals surface area contributed by atoms with E-state index in [1.807, 2.05) is 6.07 Å². The Labute approximate surface area is 121 Å². The van der Waals surface area contributed by atoms with Gasteiger partial charge in [-0.05, 0) is 11.1 Å². The van der Waals surface area contributed by atoms with Crippen LogP contribution in [-0.4, -0.2) is 0 Å². The fourth-order valence-corrected chi connectivity index (χ4v) is 1.77. The molecule has 1 aromatic carbocycles. The van der Waals surface area contributed by atoms with E-state index in [0.717, 1.165) is 6.54 Å². The first-order valence-electron chi connectivity index (χ1n) is 5.94. The van der Waals surface area contributed by atoms with Crippen LogP contribution in [0.5, 0.6) is 0 Å². The summed E-state index contributed by atoms with van der Waals surface area (Å²) in [7, 11) is 0. The number of hydrogen-bond donors (Lipinski definition) is 0. The summed E-state index contributed by atoms with van der Waals surface area (Å²) in [4.78, 5) is 0. The molecule has 2 aromatic rings. The highest BCUT2D eigenvalue weighted by atomic mass is 127. The number of hydrogen-bond acceptors (Lipinski definition) is 0. The molecule has 0 unspecified atom stereocenters. The Kier molecular flexibility index (Phi) is 6.19. The van der Waals surface area contributed by atoms with Gasteiger partial charge < -0.3 is 24.0 Å². The standard InChI is InChI=1S/C15H18N.HI/c1-2-3-11-16-12-9-15(10-13-16)14-7-5-4-6-8-14;/h4-10,12-13H,2-3,11H2,1H3;1H/q+1;/p-1. The van der Waals surface area contributed by atoms with Crippen molar-refractivity contribution in [2.75, 3.05) is 0 Å². The Bertz CT molecular complexity index is 422. The molecule has 0 N–H and O–H groups in total. The molecule has 0 spiro atoms. The summed E-state index contributed by atoms with van der Waals surface area (Å²) in [5, 5.41) is 0. The number of benzene rings is 1. The summed E-state index contributed by atoms with van der Waals surface area (Å²) in [6.07, 6.45) is 6.82. The maximum atomic E-state index is 2.25. The minimum Gasteiger partial charge on any atom is -1.00 e. The van der Waals surface area contributed by atoms with Crippen LogP contribution in [0.4, 0.5) is 0 Å². The third-order valence-electron chi connectivity index (χ3n) is 2.77. The predicted octanol–water partition coefficient (Wildman–Crippen LogP) is 0.445. The lowest BCUT2D eigenvalue weighted by atomic mass is 10.1. The first-order chi connectivity index (χ1) is 7.90. The molecule has 0 aliphatic rings. The van der Waals surface area contributed by atoms with Crippen molar-refractivity contribution in [1.82, 2.24) is 0 Å². The van der Waals surface area contributed by atoms with Crippen molar-refractivity contribution in [3.05, 3.63) is 54.9 Å². The Morgan fingerprint density at radius 1 is 0.882 bits per heavy atom. The van der Waals surface area contributed by atoms with Crippen LogP contribution in [0.15, 0.2) is 54.9 Å². The molecule has 0 saturated carbocycles. The second-order valence-corrected chi connectivity index (χ2v) is 4.04. The Morgan fingerprint density at radius 2 is 1.47 bits per heavy atom. The van der Waals surface area contributed by atoms with Gasteiger partial charge in [0.2, 0.25) is 0 Å². The molecule has 0 bridgehead atoms. The number of aryl methyl sites for hydroxylation is 1. The number of aromatic nitrogens is 1. The van der Waals surface area contributed by atoms with Gasteiger partial charge in [-0.2, -0.15) is 0 Å². The second kappa shape index (κ2) is 7.43. The van der Waals surface area contributed by atoms with Gasteiger partial charge in [-0.3, -0.25) is 0 Å². The SMILES string of the molecule is CCCC[n+]1ccc(-c2ccccc2)cc1.[I-]. The number of nitrogens with zero attached hydrogens (tertiary/aromatic N) is 1. The number of unbranched alkanes of at least 4 members (excludes halogenated alkanes) is 1. The van der Waals surface area contributed by atoms with Gasteiger partial charge in [-0.1, -0.05) is 43.7 Å². The van der Waals surface area contributed by atoms with Gasteiger partial charge in [-0.15, -0.1) is 0 Å². The largest absolute Gasteiger partial charge is 1.00 e. The van der Waals surface area contributed by atoms with Gasteiger partial charge in [0.25, 0.3) is 0 Å². The first-order valence-corrected chi connectivity index (χ1v) is 5.94. The molecule has 0 atom stereocenters. The highest BCUT2D eigenvalue weighted by Crippen LogP contribution is 2.16. The summed E-state index contributed by atoms with van der Waals surface area (Å²) in [6, 6.07) is 14.9. The van der Waals surface area contributed by atoms with Gasteiger partial charge in [0, 0.05) is 18.6 Å². The summed E-state index contributed by atoms with van der Waals surface area (Å²) in [5.41, 5.74) is 2.57. The topological polar surface area (TPSA) is 3.88 Å². The number of halogens is 1. The molecular formula is C15H18IN. The molecule has 0 saturated heterocycles. The second-order valence-electron chi connectivity index (χ2n) is 4.04. The van der Waals surface area contributed by atoms with Crippen LogP contribution in [0.2, 0.25) is 0 Å². The van der Waals surface area contributed by atoms with Gasteiger partial charge in [0.05, 0.1) is 0 Å². The fraction of sp³-hybridized carbons (Fsp3) is 0.267. The van der Waals surface area contributed by atoms with Crippen molar-refractivity contribution in [2.24, 2.45) is 0 Å². The average Bonchev–Trinajstić information content (AvgIpc) is 2.38. The molecule has 0 fully saturated rings. The molecule has 2 rings (SSSR count). The van der Waals surface area contributed by atoms with E-state index in [1.54, 1.807) is 0 Å². The number of pyridine rings is 1. The molecule has 0 radical (unpaired) electrons. The van der Waals surface area contributed by atoms with Gasteiger partial charge >= 0.3 is 0 Å². The molecule has 2 heteroatoms. The number of rotatable bonds is 4. The maximum absolute atomic E-state index is 2.25. The monoisotopic (exact) mass is 339 g/mol. The molecule has 0 aliphatic carbocycles. The Morgan fingerprint density at radius 3 is 2.06 bits per heavy atom. The van der Waals surface area contributed by atoms with E-state index in [1.165, 1.54) is 24.0 Å². The van der Waals surface area contributed by atoms with Crippen LogP contribution in [-0.2, 0) is 6.54 Å². The van der Waals surface area contributed by atoms with Crippen molar-refractivity contribution >= 4 is 0 Å². The molecule has 1 heterocycles. The average molecular weight is 339 g/mol. The van der Waals surface area contributed by atoms with E-state index in [4.69, 9.17) is 0 Å². The maximum Gasteiger partial charge on any atom is 0.169 e. The summed E-state index contributed by atoms with van der Waals surface area (Å²) in [5.74, 6) is 0. The van der Waals surface area contributed by atoms with Crippen molar-refractivity contribution in [1.29, 1.82) is 0 Å². The van der Waals surface area contributed by atoms with E-state index in [9.17, 15) is 0 Å². The Hall–Kier alpha value is -0.900. The van der Waals surface area contributed by atoms with Crippen molar-refractivity contribution < 1.29 is 28.5 Å². The fourth-order valence-electron chi connectivity index (χ4n) is 1.77. The molecule has 0 amide bonds. The van der Waals surface area contributed by atoms with E-state index in [-0.39, 0.29) is 24.0 Å². The Balaban J connectivity index is 0.00000144. The molecule has 1 nitrogen and oxygen atoms in total. The van der Waals surface area contributed by atoms with Crippen LogP contribution in [0.25, 0.3) is 11.1 Å². The van der Waals surface area contributed by atoms with E-state index in [2.05, 4.69) is 60.3 Å². The van der Waals surface area contributed by atoms with Crippen molar-refractivity contribution in [3.8, 4) is 11.1 Å². The molecule has 0 aliphatic heterocycles. The van der Waals surface area contributed by atoms with Crippen LogP contribution in [0.1, 0.15) is 19.8 Å². The zero-order valence-electron chi connectivity index (χ0n) is 10.1. The van der Waals surface area contributed by atoms with Crippen molar-refractivity contribution in [3.63, 3.8) is 0 Å². The van der Waals surface area contributed by atoms with Crippen molar-refractivity contribution in [2.45, 2.75) is 26.3 Å². The van der Waals surface area contributed by atoms with E-state index < -0.39 is 0 Å². The predicted molar refractivity (Wildman–Crippen MR) is 67.0 cm³/mol. The quantitative estimate of drug-likeness (QED) is 0.563. The normalized spacial score (nSPS) is 9.71. The first kappa shape index (κ1) is 14.2. The van der Waals surface area contributed by atoms with Crippen LogP contribution in [0.3, 0.4) is 0 Å². The third-order valence-corrected chi connectivity index (χ3v) is 2.77. The third kappa shape index (κ3) is 4.11. The molecule has 1 aromatic heterocycles. The summed E-state index contributed by atoms with van der Waals surface area (Å²) in [6.45, 7) is 3.34. The zero-order valence-corrected chi connectivity index (χ0v) is 12.3. The van der Waals surface area contributed by atoms with E-state index in [0.29, 0.717) is 0 Å². The lowest BCUT2D eigenvalue weighted by Gasteiger charge is -2.00. The summed E-state index contributed by atoms with van der Waals surface area (Å²) < 4.78 is 2.25. The highest BCUT2D eigenvalue weighted by Gasteiger charge is 2.01. The minimum absolute atomic E-state index is 0. The van der Waals surface area contributed by atoms with Crippen LogP contribution in [0, 0.1) is 0 Å².